The summed E-state index contributed by atoms with van der Waals surface area (Å²) in [5, 5.41) is 19.1. The molecule has 2 atom stereocenters. The third-order valence-electron chi connectivity index (χ3n) is 10.3. The predicted molar refractivity (Wildman–Crippen MR) is 145 cm³/mol. The molecule has 0 aromatic heterocycles. The molecule has 0 spiro atoms. The highest BCUT2D eigenvalue weighted by Crippen LogP contribution is 2.79. The Labute approximate surface area is 222 Å². The Morgan fingerprint density at radius 2 is 1.24 bits per heavy atom. The minimum absolute atomic E-state index is 0.103. The van der Waals surface area contributed by atoms with Crippen LogP contribution in [0.2, 0.25) is 0 Å². The molecular formula is C33H40N2O2. The number of benzene rings is 2. The van der Waals surface area contributed by atoms with Crippen LogP contribution in [-0.4, -0.2) is 0 Å². The summed E-state index contributed by atoms with van der Waals surface area (Å²) in [6, 6.07) is 12.9. The topological polar surface area (TPSA) is 66.0 Å². The van der Waals surface area contributed by atoms with E-state index in [0.29, 0.717) is 11.5 Å². The monoisotopic (exact) mass is 496 g/mol. The standard InChI is InChI=1S/C33H40N2O2/c1-7-12-30-15-31(25-10-8-23(2)13-27(25)36-21-34)18-32(16-30,20-33(17-30,19-31)29(4,5)6)26-11-9-24(3)14-28(26)37-22-35/h8-11,13-14H,7,12,15-20H2,1-6H3. The van der Waals surface area contributed by atoms with Gasteiger partial charge in [-0.2, -0.15) is 0 Å². The summed E-state index contributed by atoms with van der Waals surface area (Å²) < 4.78 is 11.3. The highest BCUT2D eigenvalue weighted by atomic mass is 16.5. The van der Waals surface area contributed by atoms with Crippen molar-refractivity contribution in [2.24, 2.45) is 16.2 Å². The molecule has 4 bridgehead atoms. The first-order valence-corrected chi connectivity index (χ1v) is 13.8. The zero-order valence-corrected chi connectivity index (χ0v) is 23.3. The van der Waals surface area contributed by atoms with Gasteiger partial charge in [0.2, 0.25) is 0 Å². The number of hydrogen-bond donors (Lipinski definition) is 0. The van der Waals surface area contributed by atoms with Crippen LogP contribution in [-0.2, 0) is 10.8 Å². The van der Waals surface area contributed by atoms with Crippen LogP contribution in [0.5, 0.6) is 11.5 Å². The van der Waals surface area contributed by atoms with Crippen molar-refractivity contribution in [3.63, 3.8) is 0 Å². The molecule has 0 amide bonds. The molecule has 0 N–H and O–H groups in total. The Morgan fingerprint density at radius 3 is 1.65 bits per heavy atom. The Hall–Kier alpha value is -2.98. The first-order valence-electron chi connectivity index (χ1n) is 13.8. The van der Waals surface area contributed by atoms with Gasteiger partial charge in [-0.15, -0.1) is 10.5 Å². The van der Waals surface area contributed by atoms with Gasteiger partial charge in [0.1, 0.15) is 11.5 Å². The van der Waals surface area contributed by atoms with Crippen molar-refractivity contribution in [3.8, 4) is 24.0 Å². The fraction of sp³-hybridized carbons (Fsp3) is 0.576. The van der Waals surface area contributed by atoms with E-state index in [2.05, 4.69) is 65.8 Å². The summed E-state index contributed by atoms with van der Waals surface area (Å²) in [6.45, 7) is 13.7. The Balaban J connectivity index is 1.81. The smallest absolute Gasteiger partial charge is 0.292 e. The summed E-state index contributed by atoms with van der Waals surface area (Å²) in [5.41, 5.74) is 4.79. The van der Waals surface area contributed by atoms with Crippen molar-refractivity contribution in [3.05, 3.63) is 58.7 Å². The lowest BCUT2D eigenvalue weighted by Gasteiger charge is -2.74. The molecule has 194 valence electrons. The van der Waals surface area contributed by atoms with E-state index in [-0.39, 0.29) is 27.1 Å². The first kappa shape index (κ1) is 25.7. The second-order valence-electron chi connectivity index (χ2n) is 13.8. The SMILES string of the molecule is CCCC12CC3(c4ccc(C)cc4OC#N)CC(c4ccc(C)cc4OC#N)(C1)CC(C(C)(C)C)(C2)C3. The van der Waals surface area contributed by atoms with Crippen LogP contribution in [0.25, 0.3) is 0 Å². The summed E-state index contributed by atoms with van der Waals surface area (Å²) in [5.74, 6) is 1.43. The number of hydrogen-bond acceptors (Lipinski definition) is 4. The van der Waals surface area contributed by atoms with E-state index in [1.54, 1.807) is 0 Å². The second kappa shape index (κ2) is 8.52. The molecule has 2 aromatic rings. The van der Waals surface area contributed by atoms with Crippen molar-refractivity contribution < 1.29 is 9.47 Å². The summed E-state index contributed by atoms with van der Waals surface area (Å²) >= 11 is 0. The minimum atomic E-state index is -0.105. The molecule has 0 saturated heterocycles. The predicted octanol–water partition coefficient (Wildman–Crippen LogP) is 8.40. The average Bonchev–Trinajstić information content (AvgIpc) is 2.78. The van der Waals surface area contributed by atoms with E-state index in [4.69, 9.17) is 9.47 Å². The Kier molecular flexibility index (Phi) is 5.91. The average molecular weight is 497 g/mol. The van der Waals surface area contributed by atoms with Crippen molar-refractivity contribution in [2.75, 3.05) is 0 Å². The van der Waals surface area contributed by atoms with Gasteiger partial charge in [-0.05, 0) is 98.3 Å². The number of rotatable bonds is 6. The Bertz CT molecular complexity index is 1220. The minimum Gasteiger partial charge on any atom is -0.388 e. The van der Waals surface area contributed by atoms with Crippen LogP contribution in [0.15, 0.2) is 36.4 Å². The molecule has 4 fully saturated rings. The third-order valence-corrected chi connectivity index (χ3v) is 10.3. The summed E-state index contributed by atoms with van der Waals surface area (Å²) in [6.07, 6.45) is 13.0. The van der Waals surface area contributed by atoms with Crippen LogP contribution in [0, 0.1) is 53.1 Å². The maximum absolute atomic E-state index is 9.56. The molecular weight excluding hydrogens is 456 g/mol. The number of nitriles is 2. The second-order valence-corrected chi connectivity index (χ2v) is 13.8. The van der Waals surface area contributed by atoms with Gasteiger partial charge in [0, 0.05) is 22.0 Å². The molecule has 0 aliphatic heterocycles. The fourth-order valence-electron chi connectivity index (χ4n) is 9.41. The molecule has 2 aromatic carbocycles. The van der Waals surface area contributed by atoms with Gasteiger partial charge >= 0.3 is 0 Å². The zero-order valence-electron chi connectivity index (χ0n) is 23.3. The molecule has 37 heavy (non-hydrogen) atoms. The van der Waals surface area contributed by atoms with Crippen LogP contribution in [0.3, 0.4) is 0 Å². The highest BCUT2D eigenvalue weighted by Gasteiger charge is 2.71. The molecule has 4 nitrogen and oxygen atoms in total. The van der Waals surface area contributed by atoms with Crippen LogP contribution >= 0.6 is 0 Å². The molecule has 4 heteroatoms. The van der Waals surface area contributed by atoms with Gasteiger partial charge in [0.05, 0.1) is 0 Å². The number of ether oxygens (including phenoxy) is 2. The molecule has 4 aliphatic rings. The molecule has 0 heterocycles. The summed E-state index contributed by atoms with van der Waals surface area (Å²) in [7, 11) is 0. The lowest BCUT2D eigenvalue weighted by molar-refractivity contribution is -0.185. The van der Waals surface area contributed by atoms with Crippen LogP contribution in [0.4, 0.5) is 0 Å². The van der Waals surface area contributed by atoms with Gasteiger partial charge in [-0.25, -0.2) is 0 Å². The van der Waals surface area contributed by atoms with Crippen molar-refractivity contribution in [1.82, 2.24) is 0 Å². The van der Waals surface area contributed by atoms with Gasteiger partial charge < -0.3 is 9.47 Å². The van der Waals surface area contributed by atoms with Gasteiger partial charge in [-0.1, -0.05) is 58.4 Å². The molecule has 6 rings (SSSR count). The van der Waals surface area contributed by atoms with Crippen LogP contribution < -0.4 is 9.47 Å². The van der Waals surface area contributed by atoms with Crippen LogP contribution in [0.1, 0.15) is 101 Å². The van der Waals surface area contributed by atoms with E-state index in [1.807, 2.05) is 24.6 Å². The van der Waals surface area contributed by atoms with Crippen molar-refractivity contribution in [1.29, 1.82) is 10.5 Å². The van der Waals surface area contributed by atoms with Crippen molar-refractivity contribution >= 4 is 0 Å². The first-order chi connectivity index (χ1) is 17.4. The van der Waals surface area contributed by atoms with Gasteiger partial charge in [-0.3, -0.25) is 0 Å². The molecule has 2 unspecified atom stereocenters. The highest BCUT2D eigenvalue weighted by molar-refractivity contribution is 5.51. The molecule has 4 aliphatic carbocycles. The normalized spacial score (nSPS) is 32.0. The van der Waals surface area contributed by atoms with E-state index in [1.165, 1.54) is 24.0 Å². The maximum atomic E-state index is 9.56. The third kappa shape index (κ3) is 3.92. The zero-order chi connectivity index (χ0) is 26.7. The van der Waals surface area contributed by atoms with E-state index in [9.17, 15) is 10.5 Å². The molecule has 4 saturated carbocycles. The number of aryl methyl sites for hydroxylation is 2. The van der Waals surface area contributed by atoms with E-state index < -0.39 is 0 Å². The fourth-order valence-corrected chi connectivity index (χ4v) is 9.41. The quantitative estimate of drug-likeness (QED) is 0.377. The van der Waals surface area contributed by atoms with E-state index >= 15 is 0 Å². The lowest BCUT2D eigenvalue weighted by atomic mass is 9.30. The largest absolute Gasteiger partial charge is 0.388 e. The molecule has 0 radical (unpaired) electrons. The summed E-state index contributed by atoms with van der Waals surface area (Å²) in [4.78, 5) is 0. The van der Waals surface area contributed by atoms with Gasteiger partial charge in [0.15, 0.2) is 0 Å². The lowest BCUT2D eigenvalue weighted by Crippen LogP contribution is -2.67. The maximum Gasteiger partial charge on any atom is 0.292 e. The number of nitrogens with zero attached hydrogens (tertiary/aromatic N) is 2. The van der Waals surface area contributed by atoms with Crippen molar-refractivity contribution in [2.45, 2.75) is 104 Å². The van der Waals surface area contributed by atoms with E-state index in [0.717, 1.165) is 49.7 Å². The Morgan fingerprint density at radius 1 is 0.757 bits per heavy atom. The van der Waals surface area contributed by atoms with Gasteiger partial charge in [0.25, 0.3) is 12.5 Å².